The zero-order valence-electron chi connectivity index (χ0n) is 8.25. The molecule has 0 aromatic rings. The zero-order chi connectivity index (χ0) is 9.23. The lowest BCUT2D eigenvalue weighted by Crippen LogP contribution is -2.07. The molecule has 2 heteroatoms. The predicted molar refractivity (Wildman–Crippen MR) is 58.6 cm³/mol. The molecule has 2 unspecified atom stereocenters. The molecule has 0 spiro atoms. The zero-order valence-corrected chi connectivity index (χ0v) is 9.41. The Morgan fingerprint density at radius 3 is 2.67 bits per heavy atom. The standard InChI is InChI=1S/C10H21OP/c1-3-5-6-10(7-8-12)9-11-4-2/h5-6,10H,3-4,7-9,12H2,1-2H3. The summed E-state index contributed by atoms with van der Waals surface area (Å²) >= 11 is 0. The van der Waals surface area contributed by atoms with Crippen molar-refractivity contribution in [3.63, 3.8) is 0 Å². The van der Waals surface area contributed by atoms with Crippen LogP contribution in [0.2, 0.25) is 0 Å². The Morgan fingerprint density at radius 1 is 1.42 bits per heavy atom. The van der Waals surface area contributed by atoms with Crippen LogP contribution in [0.15, 0.2) is 12.2 Å². The van der Waals surface area contributed by atoms with Crippen molar-refractivity contribution >= 4 is 9.24 Å². The van der Waals surface area contributed by atoms with E-state index in [1.807, 2.05) is 6.92 Å². The van der Waals surface area contributed by atoms with Gasteiger partial charge in [-0.3, -0.25) is 0 Å². The first-order valence-corrected chi connectivity index (χ1v) is 5.61. The predicted octanol–water partition coefficient (Wildman–Crippen LogP) is 2.87. The highest BCUT2D eigenvalue weighted by molar-refractivity contribution is 7.16. The second kappa shape index (κ2) is 9.22. The maximum absolute atomic E-state index is 5.38. The third-order valence-electron chi connectivity index (χ3n) is 1.72. The monoisotopic (exact) mass is 188 g/mol. The molecule has 0 aromatic heterocycles. The summed E-state index contributed by atoms with van der Waals surface area (Å²) in [5.41, 5.74) is 0. The first-order chi connectivity index (χ1) is 5.85. The fourth-order valence-electron chi connectivity index (χ4n) is 1.05. The molecule has 0 N–H and O–H groups in total. The van der Waals surface area contributed by atoms with Crippen molar-refractivity contribution in [1.29, 1.82) is 0 Å². The van der Waals surface area contributed by atoms with E-state index < -0.39 is 0 Å². The number of ether oxygens (including phenoxy) is 1. The van der Waals surface area contributed by atoms with Crippen LogP contribution in [0.5, 0.6) is 0 Å². The topological polar surface area (TPSA) is 9.23 Å². The molecule has 0 heterocycles. The summed E-state index contributed by atoms with van der Waals surface area (Å²) in [5, 5.41) is 0. The van der Waals surface area contributed by atoms with Gasteiger partial charge >= 0.3 is 0 Å². The molecule has 0 rings (SSSR count). The van der Waals surface area contributed by atoms with E-state index in [2.05, 4.69) is 28.3 Å². The number of allylic oxidation sites excluding steroid dienone is 1. The van der Waals surface area contributed by atoms with Crippen LogP contribution in [0, 0.1) is 5.92 Å². The molecule has 0 saturated heterocycles. The highest BCUT2D eigenvalue weighted by atomic mass is 31.0. The molecule has 2 atom stereocenters. The first-order valence-electron chi connectivity index (χ1n) is 4.79. The Bertz CT molecular complexity index is 112. The molecule has 1 nitrogen and oxygen atoms in total. The molecule has 0 fully saturated rings. The van der Waals surface area contributed by atoms with Gasteiger partial charge in [0.15, 0.2) is 0 Å². The van der Waals surface area contributed by atoms with E-state index >= 15 is 0 Å². The summed E-state index contributed by atoms with van der Waals surface area (Å²) < 4.78 is 5.38. The molecule has 0 bridgehead atoms. The Morgan fingerprint density at radius 2 is 2.17 bits per heavy atom. The Labute approximate surface area is 78.8 Å². The largest absolute Gasteiger partial charge is 0.381 e. The molecule has 0 amide bonds. The summed E-state index contributed by atoms with van der Waals surface area (Å²) in [6.07, 6.45) is 8.00. The summed E-state index contributed by atoms with van der Waals surface area (Å²) in [6.45, 7) is 5.91. The lowest BCUT2D eigenvalue weighted by Gasteiger charge is -2.10. The first kappa shape index (κ1) is 12.1. The second-order valence-electron chi connectivity index (χ2n) is 2.83. The van der Waals surface area contributed by atoms with E-state index in [1.165, 1.54) is 6.42 Å². The van der Waals surface area contributed by atoms with Gasteiger partial charge < -0.3 is 4.74 Å². The molecule has 0 saturated carbocycles. The van der Waals surface area contributed by atoms with Crippen molar-refractivity contribution in [3.05, 3.63) is 12.2 Å². The van der Waals surface area contributed by atoms with E-state index in [0.717, 1.165) is 25.8 Å². The molecule has 72 valence electrons. The molecule has 0 radical (unpaired) electrons. The van der Waals surface area contributed by atoms with Crippen LogP contribution in [0.25, 0.3) is 0 Å². The normalized spacial score (nSPS) is 13.9. The summed E-state index contributed by atoms with van der Waals surface area (Å²) in [7, 11) is 2.76. The second-order valence-corrected chi connectivity index (χ2v) is 3.41. The number of hydrogen-bond acceptors (Lipinski definition) is 1. The van der Waals surface area contributed by atoms with Crippen LogP contribution < -0.4 is 0 Å². The van der Waals surface area contributed by atoms with Crippen molar-refractivity contribution in [3.8, 4) is 0 Å². The van der Waals surface area contributed by atoms with E-state index in [-0.39, 0.29) is 0 Å². The maximum atomic E-state index is 5.38. The summed E-state index contributed by atoms with van der Waals surface area (Å²) in [4.78, 5) is 0. The van der Waals surface area contributed by atoms with Crippen LogP contribution in [0.3, 0.4) is 0 Å². The molecule has 0 aromatic carbocycles. The summed E-state index contributed by atoms with van der Waals surface area (Å²) in [5.74, 6) is 0.613. The van der Waals surface area contributed by atoms with Gasteiger partial charge in [-0.25, -0.2) is 0 Å². The van der Waals surface area contributed by atoms with Gasteiger partial charge in [-0.05, 0) is 25.9 Å². The van der Waals surface area contributed by atoms with Gasteiger partial charge in [0.2, 0.25) is 0 Å². The highest BCUT2D eigenvalue weighted by Crippen LogP contribution is 2.08. The average Bonchev–Trinajstić information content (AvgIpc) is 2.10. The smallest absolute Gasteiger partial charge is 0.0528 e. The lowest BCUT2D eigenvalue weighted by molar-refractivity contribution is 0.123. The van der Waals surface area contributed by atoms with Gasteiger partial charge in [0.05, 0.1) is 6.61 Å². The van der Waals surface area contributed by atoms with Crippen LogP contribution in [0.4, 0.5) is 0 Å². The average molecular weight is 188 g/mol. The SMILES string of the molecule is CCC=CC(CCP)COCC. The summed E-state index contributed by atoms with van der Waals surface area (Å²) in [6, 6.07) is 0. The fraction of sp³-hybridized carbons (Fsp3) is 0.800. The van der Waals surface area contributed by atoms with Crippen molar-refractivity contribution in [2.24, 2.45) is 5.92 Å². The lowest BCUT2D eigenvalue weighted by atomic mass is 10.1. The van der Waals surface area contributed by atoms with E-state index in [1.54, 1.807) is 0 Å². The molecule has 0 aliphatic carbocycles. The van der Waals surface area contributed by atoms with Gasteiger partial charge in [-0.2, -0.15) is 0 Å². The molecule has 12 heavy (non-hydrogen) atoms. The van der Waals surface area contributed by atoms with Crippen LogP contribution in [0.1, 0.15) is 26.7 Å². The van der Waals surface area contributed by atoms with Gasteiger partial charge in [0.1, 0.15) is 0 Å². The Balaban J connectivity index is 3.61. The number of hydrogen-bond donors (Lipinski definition) is 0. The molecular formula is C10H21OP. The van der Waals surface area contributed by atoms with E-state index in [9.17, 15) is 0 Å². The Kier molecular flexibility index (Phi) is 9.32. The minimum absolute atomic E-state index is 0.613. The Hall–Kier alpha value is 0.130. The molecular weight excluding hydrogens is 167 g/mol. The van der Waals surface area contributed by atoms with Crippen LogP contribution >= 0.6 is 9.24 Å². The third kappa shape index (κ3) is 6.82. The third-order valence-corrected chi connectivity index (χ3v) is 2.05. The van der Waals surface area contributed by atoms with E-state index in [0.29, 0.717) is 5.92 Å². The quantitative estimate of drug-likeness (QED) is 0.441. The van der Waals surface area contributed by atoms with Crippen molar-refractivity contribution in [1.82, 2.24) is 0 Å². The van der Waals surface area contributed by atoms with Crippen molar-refractivity contribution < 1.29 is 4.74 Å². The number of rotatable bonds is 7. The maximum Gasteiger partial charge on any atom is 0.0528 e. The van der Waals surface area contributed by atoms with Gasteiger partial charge in [0, 0.05) is 12.5 Å². The minimum Gasteiger partial charge on any atom is -0.381 e. The van der Waals surface area contributed by atoms with Gasteiger partial charge in [-0.1, -0.05) is 19.1 Å². The molecule has 0 aliphatic rings. The highest BCUT2D eigenvalue weighted by Gasteiger charge is 2.01. The van der Waals surface area contributed by atoms with Crippen LogP contribution in [-0.4, -0.2) is 19.4 Å². The van der Waals surface area contributed by atoms with Gasteiger partial charge in [0.25, 0.3) is 0 Å². The van der Waals surface area contributed by atoms with Gasteiger partial charge in [-0.15, -0.1) is 9.24 Å². The fourth-order valence-corrected chi connectivity index (χ4v) is 1.48. The van der Waals surface area contributed by atoms with Crippen molar-refractivity contribution in [2.75, 3.05) is 19.4 Å². The molecule has 0 aliphatic heterocycles. The van der Waals surface area contributed by atoms with Crippen LogP contribution in [-0.2, 0) is 4.74 Å². The van der Waals surface area contributed by atoms with E-state index in [4.69, 9.17) is 4.74 Å². The van der Waals surface area contributed by atoms with Crippen molar-refractivity contribution in [2.45, 2.75) is 26.7 Å². The minimum atomic E-state index is 0.613.